The van der Waals surface area contributed by atoms with Crippen molar-refractivity contribution in [2.75, 3.05) is 5.75 Å². The maximum atomic E-state index is 13.8. The number of hydrogen-bond acceptors (Lipinski definition) is 1. The molecule has 106 valence electrons. The van der Waals surface area contributed by atoms with E-state index in [1.165, 1.54) is 19.3 Å². The van der Waals surface area contributed by atoms with Crippen LogP contribution >= 0.6 is 11.8 Å². The molecule has 0 aromatic rings. The van der Waals surface area contributed by atoms with Gasteiger partial charge >= 0.3 is 0 Å². The Morgan fingerprint density at radius 1 is 1.00 bits per heavy atom. The molecule has 2 rings (SSSR count). The Hall–Kier alpha value is 0.210. The molecule has 2 aliphatic carbocycles. The highest BCUT2D eigenvalue weighted by Crippen LogP contribution is 2.39. The first-order valence-corrected chi connectivity index (χ1v) is 8.52. The number of halogens is 2. The number of thioether (sulfide) groups is 1. The van der Waals surface area contributed by atoms with Crippen LogP contribution in [-0.4, -0.2) is 23.3 Å². The van der Waals surface area contributed by atoms with Crippen LogP contribution in [0.3, 0.4) is 0 Å². The molecule has 0 nitrogen and oxygen atoms in total. The summed E-state index contributed by atoms with van der Waals surface area (Å²) >= 11 is 1.84. The van der Waals surface area contributed by atoms with E-state index in [1.807, 2.05) is 11.8 Å². The highest BCUT2D eigenvalue weighted by atomic mass is 32.2. The van der Waals surface area contributed by atoms with E-state index in [-0.39, 0.29) is 5.92 Å². The summed E-state index contributed by atoms with van der Waals surface area (Å²) in [5.41, 5.74) is 0. The average molecular weight is 276 g/mol. The number of alkyl halides is 2. The fraction of sp³-hybridized carbons (Fsp3) is 1.00. The molecule has 5 atom stereocenters. The van der Waals surface area contributed by atoms with Crippen LogP contribution in [0.1, 0.15) is 52.4 Å². The minimum absolute atomic E-state index is 0.340. The maximum absolute atomic E-state index is 13.8. The van der Waals surface area contributed by atoms with E-state index in [2.05, 4.69) is 13.8 Å². The molecule has 0 N–H and O–H groups in total. The van der Waals surface area contributed by atoms with Crippen LogP contribution in [0.25, 0.3) is 0 Å². The molecular formula is C15H26F2S. The SMILES string of the molecule is CC1CCC(C)C(SCC2C(F)CCCC2F)C1. The molecule has 2 aliphatic rings. The Morgan fingerprint density at radius 2 is 1.67 bits per heavy atom. The summed E-state index contributed by atoms with van der Waals surface area (Å²) in [5.74, 6) is 1.84. The lowest BCUT2D eigenvalue weighted by Crippen LogP contribution is -2.34. The van der Waals surface area contributed by atoms with Gasteiger partial charge in [-0.25, -0.2) is 8.78 Å². The zero-order valence-electron chi connectivity index (χ0n) is 11.6. The second-order valence-corrected chi connectivity index (χ2v) is 7.67. The van der Waals surface area contributed by atoms with E-state index < -0.39 is 12.3 Å². The topological polar surface area (TPSA) is 0 Å². The predicted molar refractivity (Wildman–Crippen MR) is 75.6 cm³/mol. The molecule has 3 heteroatoms. The Labute approximate surface area is 114 Å². The van der Waals surface area contributed by atoms with Crippen molar-refractivity contribution < 1.29 is 8.78 Å². The Bertz CT molecular complexity index is 249. The van der Waals surface area contributed by atoms with Crippen molar-refractivity contribution >= 4 is 11.8 Å². The summed E-state index contributed by atoms with van der Waals surface area (Å²) in [5, 5.41) is 0.620. The van der Waals surface area contributed by atoms with Crippen molar-refractivity contribution in [1.82, 2.24) is 0 Å². The first kappa shape index (κ1) is 14.6. The van der Waals surface area contributed by atoms with Gasteiger partial charge in [-0.05, 0) is 43.9 Å². The third-order valence-corrected chi connectivity index (χ3v) is 6.44. The van der Waals surface area contributed by atoms with Gasteiger partial charge in [0.05, 0.1) is 0 Å². The average Bonchev–Trinajstić information content (AvgIpc) is 2.33. The second kappa shape index (κ2) is 6.58. The summed E-state index contributed by atoms with van der Waals surface area (Å²) in [6.07, 6.45) is 3.88. The van der Waals surface area contributed by atoms with Crippen molar-refractivity contribution in [3.63, 3.8) is 0 Å². The quantitative estimate of drug-likeness (QED) is 0.697. The molecular weight excluding hydrogens is 250 g/mol. The molecule has 18 heavy (non-hydrogen) atoms. The van der Waals surface area contributed by atoms with E-state index in [0.29, 0.717) is 29.8 Å². The summed E-state index contributed by atoms with van der Waals surface area (Å²) in [4.78, 5) is 0. The van der Waals surface area contributed by atoms with E-state index in [0.717, 1.165) is 12.3 Å². The molecule has 0 radical (unpaired) electrons. The molecule has 2 fully saturated rings. The van der Waals surface area contributed by atoms with E-state index in [4.69, 9.17) is 0 Å². The first-order chi connectivity index (χ1) is 8.58. The molecule has 0 aromatic carbocycles. The van der Waals surface area contributed by atoms with Gasteiger partial charge < -0.3 is 0 Å². The molecule has 0 heterocycles. The standard InChI is InChI=1S/C15H26F2S/c1-10-6-7-11(2)15(8-10)18-9-12-13(16)4-3-5-14(12)17/h10-15H,3-9H2,1-2H3. The van der Waals surface area contributed by atoms with Crippen LogP contribution in [-0.2, 0) is 0 Å². The van der Waals surface area contributed by atoms with Crippen LogP contribution in [0.15, 0.2) is 0 Å². The molecule has 0 amide bonds. The van der Waals surface area contributed by atoms with Gasteiger partial charge in [0, 0.05) is 16.9 Å². The zero-order valence-corrected chi connectivity index (χ0v) is 12.4. The molecule has 0 aliphatic heterocycles. The highest BCUT2D eigenvalue weighted by molar-refractivity contribution is 7.99. The molecule has 5 unspecified atom stereocenters. The predicted octanol–water partition coefficient (Wildman–Crippen LogP) is 5.02. The molecule has 0 aromatic heterocycles. The van der Waals surface area contributed by atoms with Gasteiger partial charge in [-0.2, -0.15) is 11.8 Å². The van der Waals surface area contributed by atoms with Gasteiger partial charge in [0.2, 0.25) is 0 Å². The fourth-order valence-corrected chi connectivity index (χ4v) is 5.13. The summed E-state index contributed by atoms with van der Waals surface area (Å²) < 4.78 is 27.5. The monoisotopic (exact) mass is 276 g/mol. The van der Waals surface area contributed by atoms with Crippen molar-refractivity contribution in [2.45, 2.75) is 70.0 Å². The third kappa shape index (κ3) is 3.61. The van der Waals surface area contributed by atoms with Crippen LogP contribution in [0.2, 0.25) is 0 Å². The van der Waals surface area contributed by atoms with Gasteiger partial charge in [0.1, 0.15) is 12.3 Å². The Balaban J connectivity index is 1.82. The largest absolute Gasteiger partial charge is 0.247 e. The Morgan fingerprint density at radius 3 is 2.33 bits per heavy atom. The summed E-state index contributed by atoms with van der Waals surface area (Å²) in [6.45, 7) is 4.60. The minimum atomic E-state index is -0.905. The highest BCUT2D eigenvalue weighted by Gasteiger charge is 2.35. The van der Waals surface area contributed by atoms with Gasteiger partial charge in [-0.3, -0.25) is 0 Å². The Kier molecular flexibility index (Phi) is 5.35. The minimum Gasteiger partial charge on any atom is -0.247 e. The van der Waals surface area contributed by atoms with Crippen molar-refractivity contribution in [2.24, 2.45) is 17.8 Å². The molecule has 2 saturated carbocycles. The van der Waals surface area contributed by atoms with Gasteiger partial charge in [0.15, 0.2) is 0 Å². The summed E-state index contributed by atoms with van der Waals surface area (Å²) in [7, 11) is 0. The van der Waals surface area contributed by atoms with Crippen molar-refractivity contribution in [1.29, 1.82) is 0 Å². The van der Waals surface area contributed by atoms with Crippen LogP contribution in [0.5, 0.6) is 0 Å². The first-order valence-electron chi connectivity index (χ1n) is 7.47. The molecule has 0 bridgehead atoms. The lowest BCUT2D eigenvalue weighted by atomic mass is 9.84. The second-order valence-electron chi connectivity index (χ2n) is 6.39. The van der Waals surface area contributed by atoms with Crippen molar-refractivity contribution in [3.05, 3.63) is 0 Å². The smallest absolute Gasteiger partial charge is 0.106 e. The van der Waals surface area contributed by atoms with E-state index in [1.54, 1.807) is 0 Å². The van der Waals surface area contributed by atoms with Crippen molar-refractivity contribution in [3.8, 4) is 0 Å². The van der Waals surface area contributed by atoms with Crippen LogP contribution in [0.4, 0.5) is 8.78 Å². The van der Waals surface area contributed by atoms with Gasteiger partial charge in [-0.15, -0.1) is 0 Å². The number of rotatable bonds is 3. The lowest BCUT2D eigenvalue weighted by molar-refractivity contribution is 0.0911. The molecule has 0 spiro atoms. The zero-order chi connectivity index (χ0) is 13.1. The third-order valence-electron chi connectivity index (χ3n) is 4.78. The van der Waals surface area contributed by atoms with Gasteiger partial charge in [0.25, 0.3) is 0 Å². The van der Waals surface area contributed by atoms with E-state index in [9.17, 15) is 8.78 Å². The molecule has 0 saturated heterocycles. The van der Waals surface area contributed by atoms with E-state index >= 15 is 0 Å². The normalized spacial score (nSPS) is 46.0. The van der Waals surface area contributed by atoms with Crippen LogP contribution in [0, 0.1) is 17.8 Å². The summed E-state index contributed by atoms with van der Waals surface area (Å²) in [6, 6.07) is 0. The fourth-order valence-electron chi connectivity index (χ4n) is 3.32. The number of hydrogen-bond donors (Lipinski definition) is 0. The maximum Gasteiger partial charge on any atom is 0.106 e. The lowest BCUT2D eigenvalue weighted by Gasteiger charge is -2.35. The van der Waals surface area contributed by atoms with Gasteiger partial charge in [-0.1, -0.05) is 20.3 Å². The van der Waals surface area contributed by atoms with Crippen LogP contribution < -0.4 is 0 Å².